The topological polar surface area (TPSA) is 85.6 Å². The number of hydrogen-bond acceptors (Lipinski definition) is 5. The van der Waals surface area contributed by atoms with Crippen LogP contribution in [-0.2, 0) is 6.18 Å². The molecule has 0 aliphatic rings. The molecule has 0 aliphatic heterocycles. The minimum atomic E-state index is -4.65. The first-order valence-corrected chi connectivity index (χ1v) is 8.67. The van der Waals surface area contributed by atoms with Gasteiger partial charge in [-0.05, 0) is 42.5 Å². The van der Waals surface area contributed by atoms with Crippen LogP contribution in [0.2, 0.25) is 0 Å². The molecule has 4 aromatic heterocycles. The smallest absolute Gasteiger partial charge is 0.322 e. The van der Waals surface area contributed by atoms with Crippen LogP contribution in [0.25, 0.3) is 17.1 Å². The number of anilines is 1. The third-order valence-corrected chi connectivity index (χ3v) is 4.12. The monoisotopic (exact) mass is 410 g/mol. The largest absolute Gasteiger partial charge is 0.433 e. The van der Waals surface area contributed by atoms with Crippen molar-refractivity contribution in [1.29, 1.82) is 0 Å². The molecule has 4 heterocycles. The van der Waals surface area contributed by atoms with E-state index in [1.54, 1.807) is 24.3 Å². The summed E-state index contributed by atoms with van der Waals surface area (Å²) >= 11 is 0. The van der Waals surface area contributed by atoms with Crippen LogP contribution in [0.4, 0.5) is 18.9 Å². The number of amides is 1. The van der Waals surface area contributed by atoms with Gasteiger partial charge in [0.15, 0.2) is 11.5 Å². The standard InChI is InChI=1S/C20H13F3N6O/c21-20(22,23)17-10-16(13-2-1-7-25-11-13)28-29(17)18-4-3-14(12-26-18)19(30)27-15-5-8-24-9-6-15/h1-12H,(H,24,27,30). The molecule has 0 radical (unpaired) electrons. The Morgan fingerprint density at radius 2 is 1.77 bits per heavy atom. The van der Waals surface area contributed by atoms with Crippen molar-refractivity contribution in [1.82, 2.24) is 24.7 Å². The van der Waals surface area contributed by atoms with Crippen LogP contribution >= 0.6 is 0 Å². The molecule has 30 heavy (non-hydrogen) atoms. The molecular formula is C20H13F3N6O. The van der Waals surface area contributed by atoms with E-state index in [1.807, 2.05) is 0 Å². The molecule has 0 atom stereocenters. The van der Waals surface area contributed by atoms with Gasteiger partial charge < -0.3 is 5.32 Å². The van der Waals surface area contributed by atoms with Crippen molar-refractivity contribution in [3.05, 3.63) is 84.7 Å². The van der Waals surface area contributed by atoms with Gasteiger partial charge in [0.25, 0.3) is 5.91 Å². The van der Waals surface area contributed by atoms with Gasteiger partial charge in [0, 0.05) is 42.2 Å². The predicted molar refractivity (Wildman–Crippen MR) is 102 cm³/mol. The van der Waals surface area contributed by atoms with E-state index in [1.165, 1.54) is 43.1 Å². The zero-order chi connectivity index (χ0) is 21.1. The lowest BCUT2D eigenvalue weighted by atomic mass is 10.2. The molecule has 7 nitrogen and oxygen atoms in total. The molecular weight excluding hydrogens is 397 g/mol. The number of rotatable bonds is 4. The SMILES string of the molecule is O=C(Nc1ccncc1)c1ccc(-n2nc(-c3cccnc3)cc2C(F)(F)F)nc1. The Morgan fingerprint density at radius 1 is 0.967 bits per heavy atom. The zero-order valence-electron chi connectivity index (χ0n) is 15.2. The fourth-order valence-corrected chi connectivity index (χ4v) is 2.70. The molecule has 4 aromatic rings. The van der Waals surface area contributed by atoms with E-state index in [0.717, 1.165) is 6.07 Å². The van der Waals surface area contributed by atoms with Gasteiger partial charge in [-0.25, -0.2) is 9.67 Å². The molecule has 1 N–H and O–H groups in total. The van der Waals surface area contributed by atoms with Crippen LogP contribution in [0.15, 0.2) is 73.4 Å². The predicted octanol–water partition coefficient (Wildman–Crippen LogP) is 4.00. The second-order valence-corrected chi connectivity index (χ2v) is 6.16. The van der Waals surface area contributed by atoms with E-state index >= 15 is 0 Å². The molecule has 4 rings (SSSR count). The normalized spacial score (nSPS) is 11.3. The molecule has 0 saturated heterocycles. The van der Waals surface area contributed by atoms with Crippen molar-refractivity contribution in [3.8, 4) is 17.1 Å². The third kappa shape index (κ3) is 4.02. The van der Waals surface area contributed by atoms with Gasteiger partial charge in [0.05, 0.1) is 11.3 Å². The number of hydrogen-bond donors (Lipinski definition) is 1. The van der Waals surface area contributed by atoms with Crippen molar-refractivity contribution in [2.24, 2.45) is 0 Å². The highest BCUT2D eigenvalue weighted by molar-refractivity contribution is 6.04. The number of halogens is 3. The van der Waals surface area contributed by atoms with Gasteiger partial charge in [-0.15, -0.1) is 0 Å². The molecule has 0 aromatic carbocycles. The summed E-state index contributed by atoms with van der Waals surface area (Å²) in [6.07, 6.45) is 2.53. The molecule has 0 spiro atoms. The summed E-state index contributed by atoms with van der Waals surface area (Å²) in [7, 11) is 0. The highest BCUT2D eigenvalue weighted by Crippen LogP contribution is 2.33. The minimum absolute atomic E-state index is 0.0714. The first-order valence-electron chi connectivity index (χ1n) is 8.67. The average molecular weight is 410 g/mol. The van der Waals surface area contributed by atoms with E-state index in [9.17, 15) is 18.0 Å². The van der Waals surface area contributed by atoms with Gasteiger partial charge in [-0.2, -0.15) is 18.3 Å². The Balaban J connectivity index is 1.65. The maximum atomic E-state index is 13.5. The molecule has 0 aliphatic carbocycles. The Bertz CT molecular complexity index is 1160. The second-order valence-electron chi connectivity index (χ2n) is 6.16. The number of alkyl halides is 3. The van der Waals surface area contributed by atoms with Crippen molar-refractivity contribution in [2.75, 3.05) is 5.32 Å². The highest BCUT2D eigenvalue weighted by Gasteiger charge is 2.36. The summed E-state index contributed by atoms with van der Waals surface area (Å²) in [4.78, 5) is 24.1. The Hall–Kier alpha value is -4.08. The Morgan fingerprint density at radius 3 is 2.40 bits per heavy atom. The lowest BCUT2D eigenvalue weighted by Crippen LogP contribution is -2.15. The molecule has 10 heteroatoms. The Labute approximate surface area is 168 Å². The van der Waals surface area contributed by atoms with E-state index in [4.69, 9.17) is 0 Å². The summed E-state index contributed by atoms with van der Waals surface area (Å²) in [5, 5.41) is 6.70. The molecule has 0 fully saturated rings. The van der Waals surface area contributed by atoms with Crippen molar-refractivity contribution < 1.29 is 18.0 Å². The van der Waals surface area contributed by atoms with Gasteiger partial charge in [-0.1, -0.05) is 0 Å². The van der Waals surface area contributed by atoms with Crippen molar-refractivity contribution >= 4 is 11.6 Å². The summed E-state index contributed by atoms with van der Waals surface area (Å²) in [6.45, 7) is 0. The van der Waals surface area contributed by atoms with E-state index < -0.39 is 17.8 Å². The number of pyridine rings is 3. The summed E-state index contributed by atoms with van der Waals surface area (Å²) < 4.78 is 41.3. The first kappa shape index (κ1) is 19.2. The maximum absolute atomic E-state index is 13.5. The van der Waals surface area contributed by atoms with Crippen LogP contribution in [0, 0.1) is 0 Å². The van der Waals surface area contributed by atoms with E-state index in [2.05, 4.69) is 25.4 Å². The van der Waals surface area contributed by atoms with Crippen molar-refractivity contribution in [2.45, 2.75) is 6.18 Å². The summed E-state index contributed by atoms with van der Waals surface area (Å²) in [6, 6.07) is 10.1. The van der Waals surface area contributed by atoms with Crippen LogP contribution in [-0.4, -0.2) is 30.6 Å². The number of aromatic nitrogens is 5. The van der Waals surface area contributed by atoms with Crippen LogP contribution < -0.4 is 5.32 Å². The van der Waals surface area contributed by atoms with Gasteiger partial charge in [0.2, 0.25) is 0 Å². The zero-order valence-corrected chi connectivity index (χ0v) is 15.2. The molecule has 150 valence electrons. The number of nitrogens with one attached hydrogen (secondary N) is 1. The Kier molecular flexibility index (Phi) is 4.97. The van der Waals surface area contributed by atoms with Crippen LogP contribution in [0.1, 0.15) is 16.1 Å². The lowest BCUT2D eigenvalue weighted by molar-refractivity contribution is -0.142. The summed E-state index contributed by atoms with van der Waals surface area (Å²) in [5.74, 6) is -0.522. The molecule has 0 saturated carbocycles. The summed E-state index contributed by atoms with van der Waals surface area (Å²) in [5.41, 5.74) is 0.282. The van der Waals surface area contributed by atoms with Gasteiger partial charge >= 0.3 is 6.18 Å². The first-order chi connectivity index (χ1) is 14.4. The van der Waals surface area contributed by atoms with Crippen molar-refractivity contribution in [3.63, 3.8) is 0 Å². The second kappa shape index (κ2) is 7.74. The van der Waals surface area contributed by atoms with Crippen LogP contribution in [0.3, 0.4) is 0 Å². The maximum Gasteiger partial charge on any atom is 0.433 e. The van der Waals surface area contributed by atoms with Gasteiger partial charge in [-0.3, -0.25) is 14.8 Å². The molecule has 0 unspecified atom stereocenters. The number of carbonyl (C=O) groups is 1. The fraction of sp³-hybridized carbons (Fsp3) is 0.0500. The van der Waals surface area contributed by atoms with E-state index in [0.29, 0.717) is 15.9 Å². The number of nitrogens with zero attached hydrogens (tertiary/aromatic N) is 5. The van der Waals surface area contributed by atoms with Gasteiger partial charge in [0.1, 0.15) is 0 Å². The average Bonchev–Trinajstić information content (AvgIpc) is 3.21. The molecule has 0 bridgehead atoms. The highest BCUT2D eigenvalue weighted by atomic mass is 19.4. The third-order valence-electron chi connectivity index (χ3n) is 4.12. The fourth-order valence-electron chi connectivity index (χ4n) is 2.70. The quantitative estimate of drug-likeness (QED) is 0.550. The number of carbonyl (C=O) groups excluding carboxylic acids is 1. The van der Waals surface area contributed by atoms with E-state index in [-0.39, 0.29) is 17.1 Å². The minimum Gasteiger partial charge on any atom is -0.322 e. The lowest BCUT2D eigenvalue weighted by Gasteiger charge is -2.10. The van der Waals surface area contributed by atoms with Crippen LogP contribution in [0.5, 0.6) is 0 Å². The molecule has 1 amide bonds.